The first-order valence-electron chi connectivity index (χ1n) is 12.5. The van der Waals surface area contributed by atoms with Crippen LogP contribution in [0.5, 0.6) is 0 Å². The van der Waals surface area contributed by atoms with Gasteiger partial charge in [0.25, 0.3) is 0 Å². The molecule has 0 rings (SSSR count). The van der Waals surface area contributed by atoms with E-state index in [4.69, 9.17) is 8.85 Å². The Morgan fingerprint density at radius 2 is 1.35 bits per heavy atom. The van der Waals surface area contributed by atoms with E-state index in [9.17, 15) is 0 Å². The van der Waals surface area contributed by atoms with Crippen molar-refractivity contribution in [1.82, 2.24) is 0 Å². The van der Waals surface area contributed by atoms with Gasteiger partial charge < -0.3 is 8.85 Å². The van der Waals surface area contributed by atoms with Crippen LogP contribution < -0.4 is 0 Å². The standard InChI is InChI=1S/C27H56O2Si2/c1-15-16-17-18-19-22(2)20-25(29-31(13,14)27(8,9)10)23(3)21-24(4)28-30(11,12)26(5,6)7/h18-20,23-25H,15-17,21H2,1-14H3/b19-18+,22-20+/t23-,24-,25-/m1/s1. The second-order valence-corrected chi connectivity index (χ2v) is 22.2. The Morgan fingerprint density at radius 3 is 1.81 bits per heavy atom. The zero-order valence-electron chi connectivity index (χ0n) is 23.6. The molecule has 0 unspecified atom stereocenters. The van der Waals surface area contributed by atoms with Crippen LogP contribution in [0.1, 0.15) is 94.9 Å². The van der Waals surface area contributed by atoms with Crippen molar-refractivity contribution in [2.75, 3.05) is 0 Å². The summed E-state index contributed by atoms with van der Waals surface area (Å²) in [6.07, 6.45) is 12.0. The molecule has 184 valence electrons. The summed E-state index contributed by atoms with van der Waals surface area (Å²) in [7, 11) is -3.63. The molecule has 31 heavy (non-hydrogen) atoms. The molecule has 0 heterocycles. The van der Waals surface area contributed by atoms with Crippen molar-refractivity contribution in [3.63, 3.8) is 0 Å². The number of allylic oxidation sites excluding steroid dienone is 3. The highest BCUT2D eigenvalue weighted by molar-refractivity contribution is 6.74. The zero-order chi connectivity index (χ0) is 24.7. The summed E-state index contributed by atoms with van der Waals surface area (Å²) in [5.74, 6) is 0.410. The van der Waals surface area contributed by atoms with E-state index >= 15 is 0 Å². The summed E-state index contributed by atoms with van der Waals surface area (Å²) in [4.78, 5) is 0. The average molecular weight is 469 g/mol. The first-order valence-corrected chi connectivity index (χ1v) is 18.4. The number of hydrogen-bond acceptors (Lipinski definition) is 2. The molecule has 0 spiro atoms. The van der Waals surface area contributed by atoms with Crippen molar-refractivity contribution in [2.24, 2.45) is 5.92 Å². The van der Waals surface area contributed by atoms with E-state index in [0.717, 1.165) is 12.8 Å². The van der Waals surface area contributed by atoms with Crippen molar-refractivity contribution < 1.29 is 8.85 Å². The molecule has 0 saturated carbocycles. The van der Waals surface area contributed by atoms with Gasteiger partial charge in [0.15, 0.2) is 16.6 Å². The van der Waals surface area contributed by atoms with Gasteiger partial charge in [0.2, 0.25) is 0 Å². The predicted octanol–water partition coefficient (Wildman–Crippen LogP) is 9.51. The van der Waals surface area contributed by atoms with Crippen LogP contribution in [0.3, 0.4) is 0 Å². The molecule has 0 bridgehead atoms. The smallest absolute Gasteiger partial charge is 0.192 e. The largest absolute Gasteiger partial charge is 0.414 e. The summed E-state index contributed by atoms with van der Waals surface area (Å²) in [5.41, 5.74) is 1.31. The summed E-state index contributed by atoms with van der Waals surface area (Å²) in [6, 6.07) is 0. The number of rotatable bonds is 12. The van der Waals surface area contributed by atoms with E-state index in [-0.39, 0.29) is 22.3 Å². The fourth-order valence-corrected chi connectivity index (χ4v) is 5.91. The SMILES string of the molecule is CCCC/C=C/C(C)=C/[C@@H](O[Si](C)(C)C(C)(C)C)[C@H](C)C[C@@H](C)O[Si](C)(C)C(C)(C)C. The lowest BCUT2D eigenvalue weighted by Gasteiger charge is -2.42. The van der Waals surface area contributed by atoms with Gasteiger partial charge in [-0.05, 0) is 68.9 Å². The molecule has 0 aliphatic rings. The first kappa shape index (κ1) is 30.8. The van der Waals surface area contributed by atoms with Gasteiger partial charge in [0.1, 0.15) is 0 Å². The Kier molecular flexibility index (Phi) is 12.3. The van der Waals surface area contributed by atoms with E-state index < -0.39 is 16.6 Å². The third-order valence-electron chi connectivity index (χ3n) is 7.34. The van der Waals surface area contributed by atoms with Crippen LogP contribution in [-0.2, 0) is 8.85 Å². The Labute approximate surface area is 198 Å². The molecule has 0 radical (unpaired) electrons. The predicted molar refractivity (Wildman–Crippen MR) is 146 cm³/mol. The van der Waals surface area contributed by atoms with Gasteiger partial charge >= 0.3 is 0 Å². The Balaban J connectivity index is 5.55. The molecule has 0 aromatic rings. The minimum atomic E-state index is -1.87. The van der Waals surface area contributed by atoms with E-state index in [2.05, 4.69) is 114 Å². The highest BCUT2D eigenvalue weighted by Crippen LogP contribution is 2.40. The quantitative estimate of drug-likeness (QED) is 0.161. The monoisotopic (exact) mass is 468 g/mol. The maximum absolute atomic E-state index is 6.94. The van der Waals surface area contributed by atoms with Gasteiger partial charge in [-0.2, -0.15) is 0 Å². The number of unbranched alkanes of at least 4 members (excludes halogenated alkanes) is 2. The van der Waals surface area contributed by atoms with Crippen molar-refractivity contribution in [1.29, 1.82) is 0 Å². The zero-order valence-corrected chi connectivity index (χ0v) is 25.6. The lowest BCUT2D eigenvalue weighted by molar-refractivity contribution is 0.112. The average Bonchev–Trinajstić information content (AvgIpc) is 2.55. The molecule has 0 N–H and O–H groups in total. The summed E-state index contributed by atoms with van der Waals surface area (Å²) < 4.78 is 13.6. The van der Waals surface area contributed by atoms with Crippen LogP contribution in [0, 0.1) is 5.92 Å². The first-order chi connectivity index (χ1) is 13.8. The highest BCUT2D eigenvalue weighted by atomic mass is 28.4. The normalized spacial score (nSPS) is 17.8. The van der Waals surface area contributed by atoms with Gasteiger partial charge in [-0.1, -0.05) is 92.0 Å². The topological polar surface area (TPSA) is 18.5 Å². The maximum Gasteiger partial charge on any atom is 0.192 e. The molecule has 4 heteroatoms. The molecule has 0 aliphatic heterocycles. The van der Waals surface area contributed by atoms with E-state index in [0.29, 0.717) is 5.92 Å². The van der Waals surface area contributed by atoms with Crippen molar-refractivity contribution in [3.05, 3.63) is 23.8 Å². The van der Waals surface area contributed by atoms with E-state index in [1.54, 1.807) is 0 Å². The van der Waals surface area contributed by atoms with Gasteiger partial charge in [0.05, 0.1) is 6.10 Å². The van der Waals surface area contributed by atoms with Crippen molar-refractivity contribution in [3.8, 4) is 0 Å². The molecule has 0 aromatic heterocycles. The third-order valence-corrected chi connectivity index (χ3v) is 16.4. The van der Waals surface area contributed by atoms with Crippen LogP contribution >= 0.6 is 0 Å². The van der Waals surface area contributed by atoms with Crippen LogP contribution in [0.25, 0.3) is 0 Å². The molecule has 0 fully saturated rings. The Hall–Kier alpha value is -0.166. The molecule has 0 aromatic carbocycles. The second kappa shape index (κ2) is 12.3. The van der Waals surface area contributed by atoms with Crippen LogP contribution in [0.4, 0.5) is 0 Å². The van der Waals surface area contributed by atoms with Gasteiger partial charge in [-0.25, -0.2) is 0 Å². The maximum atomic E-state index is 6.94. The molecular weight excluding hydrogens is 412 g/mol. The molecule has 0 saturated heterocycles. The highest BCUT2D eigenvalue weighted by Gasteiger charge is 2.41. The summed E-state index contributed by atoms with van der Waals surface area (Å²) >= 11 is 0. The van der Waals surface area contributed by atoms with Crippen molar-refractivity contribution in [2.45, 2.75) is 143 Å². The lowest BCUT2D eigenvalue weighted by Crippen LogP contribution is -2.46. The molecular formula is C27H56O2Si2. The van der Waals surface area contributed by atoms with E-state index in [1.807, 2.05) is 0 Å². The summed E-state index contributed by atoms with van der Waals surface area (Å²) in [5, 5.41) is 0.439. The minimum Gasteiger partial charge on any atom is -0.414 e. The van der Waals surface area contributed by atoms with E-state index in [1.165, 1.54) is 18.4 Å². The Morgan fingerprint density at radius 1 is 0.871 bits per heavy atom. The molecule has 3 atom stereocenters. The third kappa shape index (κ3) is 11.0. The molecule has 2 nitrogen and oxygen atoms in total. The van der Waals surface area contributed by atoms with Crippen LogP contribution in [0.15, 0.2) is 23.8 Å². The lowest BCUT2D eigenvalue weighted by atomic mass is 9.96. The van der Waals surface area contributed by atoms with Gasteiger partial charge in [-0.3, -0.25) is 0 Å². The molecule has 0 amide bonds. The number of hydrogen-bond donors (Lipinski definition) is 0. The van der Waals surface area contributed by atoms with Crippen LogP contribution in [0.2, 0.25) is 36.3 Å². The Bertz CT molecular complexity index is 577. The van der Waals surface area contributed by atoms with Gasteiger partial charge in [-0.15, -0.1) is 0 Å². The van der Waals surface area contributed by atoms with Gasteiger partial charge in [0, 0.05) is 6.10 Å². The second-order valence-electron chi connectivity index (χ2n) is 12.7. The van der Waals surface area contributed by atoms with Crippen LogP contribution in [-0.4, -0.2) is 28.8 Å². The fourth-order valence-electron chi connectivity index (χ4n) is 3.12. The van der Waals surface area contributed by atoms with Crippen molar-refractivity contribution >= 4 is 16.6 Å². The molecule has 0 aliphatic carbocycles. The summed E-state index contributed by atoms with van der Waals surface area (Å²) in [6.45, 7) is 32.4. The fraction of sp³-hybridized carbons (Fsp3) is 0.852. The minimum absolute atomic E-state index is 0.127.